The molecule has 1 unspecified atom stereocenters. The molecule has 4 nitrogen and oxygen atoms in total. The van der Waals surface area contributed by atoms with Gasteiger partial charge in [-0.05, 0) is 43.0 Å². The average molecular weight is 255 g/mol. The summed E-state index contributed by atoms with van der Waals surface area (Å²) in [5, 5.41) is -0.281. The molecule has 1 aliphatic heterocycles. The molecule has 1 atom stereocenters. The number of nitrogen functional groups attached to an aromatic ring is 1. The van der Waals surface area contributed by atoms with Crippen LogP contribution in [-0.4, -0.2) is 26.5 Å². The molecule has 94 valence electrons. The van der Waals surface area contributed by atoms with Crippen molar-refractivity contribution in [3.8, 4) is 5.75 Å². The minimum absolute atomic E-state index is 0.281. The number of hydrogen-bond donors (Lipinski definition) is 1. The molecule has 1 heterocycles. The Balaban J connectivity index is 2.24. The van der Waals surface area contributed by atoms with Crippen LogP contribution < -0.4 is 10.5 Å². The first kappa shape index (κ1) is 12.2. The van der Waals surface area contributed by atoms with Gasteiger partial charge >= 0.3 is 0 Å². The molecule has 1 aliphatic rings. The molecule has 0 amide bonds. The Hall–Kier alpha value is -1.23. The van der Waals surface area contributed by atoms with Gasteiger partial charge in [0.25, 0.3) is 0 Å². The minimum atomic E-state index is -2.92. The second-order valence-corrected chi connectivity index (χ2v) is 6.80. The molecular formula is C12H17NO3S. The van der Waals surface area contributed by atoms with Crippen LogP contribution in [0.3, 0.4) is 0 Å². The third kappa shape index (κ3) is 2.54. The van der Waals surface area contributed by atoms with E-state index in [1.54, 1.807) is 19.2 Å². The highest BCUT2D eigenvalue weighted by Gasteiger charge is 2.31. The summed E-state index contributed by atoms with van der Waals surface area (Å²) in [6.07, 6.45) is 1.99. The lowest BCUT2D eigenvalue weighted by atomic mass is 10.0. The zero-order valence-corrected chi connectivity index (χ0v) is 10.7. The van der Waals surface area contributed by atoms with E-state index in [0.29, 0.717) is 23.6 Å². The van der Waals surface area contributed by atoms with Gasteiger partial charge in [0, 0.05) is 5.69 Å². The van der Waals surface area contributed by atoms with Crippen molar-refractivity contribution in [3.05, 3.63) is 23.8 Å². The zero-order chi connectivity index (χ0) is 12.5. The van der Waals surface area contributed by atoms with E-state index in [9.17, 15) is 8.42 Å². The van der Waals surface area contributed by atoms with Crippen LogP contribution in [0.4, 0.5) is 5.69 Å². The van der Waals surface area contributed by atoms with E-state index in [0.717, 1.165) is 18.4 Å². The third-order valence-corrected chi connectivity index (χ3v) is 5.54. The van der Waals surface area contributed by atoms with Crippen LogP contribution >= 0.6 is 0 Å². The maximum Gasteiger partial charge on any atom is 0.153 e. The molecule has 0 spiro atoms. The van der Waals surface area contributed by atoms with Crippen molar-refractivity contribution in [1.29, 1.82) is 0 Å². The number of anilines is 1. The summed E-state index contributed by atoms with van der Waals surface area (Å²) < 4.78 is 28.6. The smallest absolute Gasteiger partial charge is 0.153 e. The Kier molecular flexibility index (Phi) is 3.28. The van der Waals surface area contributed by atoms with Crippen LogP contribution in [-0.2, 0) is 16.3 Å². The quantitative estimate of drug-likeness (QED) is 0.829. The highest BCUT2D eigenvalue weighted by atomic mass is 32.2. The number of ether oxygens (including phenoxy) is 1. The van der Waals surface area contributed by atoms with E-state index < -0.39 is 9.84 Å². The maximum absolute atomic E-state index is 11.8. The lowest BCUT2D eigenvalue weighted by Crippen LogP contribution is -2.19. The van der Waals surface area contributed by atoms with Crippen molar-refractivity contribution in [2.45, 2.75) is 24.5 Å². The number of methoxy groups -OCH3 is 1. The standard InChI is InChI=1S/C12H17NO3S/c1-16-10-4-5-12(13)9(7-10)8-11-3-2-6-17(11,14)15/h4-5,7,11H,2-3,6,8,13H2,1H3. The topological polar surface area (TPSA) is 69.4 Å². The fourth-order valence-electron chi connectivity index (χ4n) is 2.22. The molecule has 0 radical (unpaired) electrons. The molecule has 0 bridgehead atoms. The molecule has 1 aromatic carbocycles. The summed E-state index contributed by atoms with van der Waals surface area (Å²) in [5.41, 5.74) is 7.35. The van der Waals surface area contributed by atoms with Gasteiger partial charge in [-0.2, -0.15) is 0 Å². The van der Waals surface area contributed by atoms with Crippen LogP contribution in [0.1, 0.15) is 18.4 Å². The Bertz CT molecular complexity index is 510. The molecule has 1 saturated heterocycles. The van der Waals surface area contributed by atoms with Crippen molar-refractivity contribution in [2.75, 3.05) is 18.6 Å². The van der Waals surface area contributed by atoms with Crippen molar-refractivity contribution in [1.82, 2.24) is 0 Å². The van der Waals surface area contributed by atoms with Gasteiger partial charge in [0.15, 0.2) is 9.84 Å². The van der Waals surface area contributed by atoms with Crippen LogP contribution in [0.2, 0.25) is 0 Å². The number of benzene rings is 1. The fraction of sp³-hybridized carbons (Fsp3) is 0.500. The first-order valence-electron chi connectivity index (χ1n) is 5.67. The molecule has 2 N–H and O–H groups in total. The van der Waals surface area contributed by atoms with Gasteiger partial charge in [-0.1, -0.05) is 0 Å². The summed E-state index contributed by atoms with van der Waals surface area (Å²) in [6.45, 7) is 0. The van der Waals surface area contributed by atoms with Crippen LogP contribution in [0.5, 0.6) is 5.75 Å². The van der Waals surface area contributed by atoms with E-state index in [4.69, 9.17) is 10.5 Å². The van der Waals surface area contributed by atoms with E-state index in [-0.39, 0.29) is 5.25 Å². The molecule has 2 rings (SSSR count). The van der Waals surface area contributed by atoms with Crippen molar-refractivity contribution < 1.29 is 13.2 Å². The van der Waals surface area contributed by atoms with Crippen molar-refractivity contribution in [3.63, 3.8) is 0 Å². The molecule has 1 aromatic rings. The number of nitrogens with two attached hydrogens (primary N) is 1. The average Bonchev–Trinajstić information content (AvgIpc) is 2.61. The van der Waals surface area contributed by atoms with E-state index >= 15 is 0 Å². The van der Waals surface area contributed by atoms with E-state index in [2.05, 4.69) is 0 Å². The Morgan fingerprint density at radius 3 is 2.82 bits per heavy atom. The van der Waals surface area contributed by atoms with Crippen LogP contribution in [0.15, 0.2) is 18.2 Å². The predicted molar refractivity (Wildman–Crippen MR) is 67.9 cm³/mol. The Morgan fingerprint density at radius 1 is 1.47 bits per heavy atom. The molecule has 0 aromatic heterocycles. The first-order chi connectivity index (χ1) is 8.03. The first-order valence-corrected chi connectivity index (χ1v) is 7.38. The van der Waals surface area contributed by atoms with Gasteiger partial charge in [-0.15, -0.1) is 0 Å². The van der Waals surface area contributed by atoms with Gasteiger partial charge in [0.05, 0.1) is 18.1 Å². The highest BCUT2D eigenvalue weighted by molar-refractivity contribution is 7.92. The third-order valence-electron chi connectivity index (χ3n) is 3.26. The monoisotopic (exact) mass is 255 g/mol. The van der Waals surface area contributed by atoms with Crippen LogP contribution in [0.25, 0.3) is 0 Å². The lowest BCUT2D eigenvalue weighted by Gasteiger charge is -2.12. The largest absolute Gasteiger partial charge is 0.497 e. The molecule has 1 fully saturated rings. The van der Waals surface area contributed by atoms with Gasteiger partial charge in [-0.3, -0.25) is 0 Å². The maximum atomic E-state index is 11.8. The zero-order valence-electron chi connectivity index (χ0n) is 9.85. The summed E-state index contributed by atoms with van der Waals surface area (Å²) in [7, 11) is -1.33. The Labute approximate surface area is 102 Å². The molecular weight excluding hydrogens is 238 g/mol. The van der Waals surface area contributed by atoms with Gasteiger partial charge in [-0.25, -0.2) is 8.42 Å². The molecule has 0 saturated carbocycles. The highest BCUT2D eigenvalue weighted by Crippen LogP contribution is 2.27. The predicted octanol–water partition coefficient (Wildman–Crippen LogP) is 1.40. The number of sulfone groups is 1. The minimum Gasteiger partial charge on any atom is -0.497 e. The second-order valence-electron chi connectivity index (χ2n) is 4.40. The van der Waals surface area contributed by atoms with Crippen molar-refractivity contribution >= 4 is 15.5 Å². The van der Waals surface area contributed by atoms with Gasteiger partial charge in [0.2, 0.25) is 0 Å². The van der Waals surface area contributed by atoms with E-state index in [1.807, 2.05) is 6.07 Å². The fourth-order valence-corrected chi connectivity index (χ4v) is 4.08. The van der Waals surface area contributed by atoms with Crippen molar-refractivity contribution in [2.24, 2.45) is 0 Å². The molecule has 17 heavy (non-hydrogen) atoms. The summed E-state index contributed by atoms with van der Waals surface area (Å²) in [6, 6.07) is 5.36. The van der Waals surface area contributed by atoms with E-state index in [1.165, 1.54) is 0 Å². The number of hydrogen-bond acceptors (Lipinski definition) is 4. The normalized spacial score (nSPS) is 22.5. The lowest BCUT2D eigenvalue weighted by molar-refractivity contribution is 0.414. The van der Waals surface area contributed by atoms with Gasteiger partial charge in [0.1, 0.15) is 5.75 Å². The van der Waals surface area contributed by atoms with Gasteiger partial charge < -0.3 is 10.5 Å². The van der Waals surface area contributed by atoms with Crippen LogP contribution in [0, 0.1) is 0 Å². The molecule has 5 heteroatoms. The summed E-state index contributed by atoms with van der Waals surface area (Å²) >= 11 is 0. The summed E-state index contributed by atoms with van der Waals surface area (Å²) in [5.74, 6) is 1.02. The number of rotatable bonds is 3. The SMILES string of the molecule is COc1ccc(N)c(CC2CCCS2(=O)=O)c1. The second kappa shape index (κ2) is 4.56. The summed E-state index contributed by atoms with van der Waals surface area (Å²) in [4.78, 5) is 0. The molecule has 0 aliphatic carbocycles. The Morgan fingerprint density at radius 2 is 2.24 bits per heavy atom.